The number of ether oxygens (including phenoxy) is 1. The predicted molar refractivity (Wildman–Crippen MR) is 102 cm³/mol. The second-order valence-corrected chi connectivity index (χ2v) is 7.21. The van der Waals surface area contributed by atoms with E-state index in [1.807, 2.05) is 0 Å². The number of pyridine rings is 1. The highest BCUT2D eigenvalue weighted by Gasteiger charge is 2.14. The summed E-state index contributed by atoms with van der Waals surface area (Å²) in [6.45, 7) is 0. The third kappa shape index (κ3) is 4.54. The molecule has 0 aliphatic heterocycles. The largest absolute Gasteiger partial charge is 0.497 e. The molecule has 2 aromatic carbocycles. The fourth-order valence-corrected chi connectivity index (χ4v) is 3.32. The van der Waals surface area contributed by atoms with Crippen molar-refractivity contribution in [3.8, 4) is 11.8 Å². The minimum absolute atomic E-state index is 0.128. The Balaban J connectivity index is 1.69. The second-order valence-electron chi connectivity index (χ2n) is 5.53. The summed E-state index contributed by atoms with van der Waals surface area (Å²) < 4.78 is 32.3. The highest BCUT2D eigenvalue weighted by molar-refractivity contribution is 7.92. The topological polar surface area (TPSA) is 104 Å². The first kappa shape index (κ1) is 18.2. The molecule has 0 amide bonds. The van der Waals surface area contributed by atoms with Crippen LogP contribution in [0.3, 0.4) is 0 Å². The number of nitrogens with one attached hydrogen (secondary N) is 2. The van der Waals surface area contributed by atoms with Crippen LogP contribution in [0.25, 0.3) is 0 Å². The first-order valence-corrected chi connectivity index (χ1v) is 9.38. The number of rotatable bonds is 6. The molecule has 0 spiro atoms. The molecule has 0 unspecified atom stereocenters. The van der Waals surface area contributed by atoms with Crippen LogP contribution in [-0.4, -0.2) is 20.5 Å². The van der Waals surface area contributed by atoms with Crippen LogP contribution in [-0.2, 0) is 10.0 Å². The van der Waals surface area contributed by atoms with Crippen LogP contribution >= 0.6 is 0 Å². The third-order valence-corrected chi connectivity index (χ3v) is 5.07. The van der Waals surface area contributed by atoms with Crippen LogP contribution < -0.4 is 14.8 Å². The van der Waals surface area contributed by atoms with Gasteiger partial charge in [-0.25, -0.2) is 13.4 Å². The molecule has 0 aliphatic rings. The smallest absolute Gasteiger partial charge is 0.261 e. The van der Waals surface area contributed by atoms with Crippen LogP contribution in [0.5, 0.6) is 5.75 Å². The number of nitriles is 1. The van der Waals surface area contributed by atoms with Gasteiger partial charge in [-0.1, -0.05) is 0 Å². The number of hydrogen-bond donors (Lipinski definition) is 2. The molecule has 0 radical (unpaired) electrons. The molecule has 2 N–H and O–H groups in total. The van der Waals surface area contributed by atoms with Gasteiger partial charge < -0.3 is 10.1 Å². The highest BCUT2D eigenvalue weighted by atomic mass is 32.2. The summed E-state index contributed by atoms with van der Waals surface area (Å²) in [7, 11) is -2.20. The average Bonchev–Trinajstić information content (AvgIpc) is 2.70. The summed E-state index contributed by atoms with van der Waals surface area (Å²) >= 11 is 0. The van der Waals surface area contributed by atoms with Crippen LogP contribution in [0.4, 0.5) is 17.2 Å². The van der Waals surface area contributed by atoms with E-state index < -0.39 is 10.0 Å². The average molecular weight is 380 g/mol. The summed E-state index contributed by atoms with van der Waals surface area (Å²) in [4.78, 5) is 4.33. The molecule has 0 atom stereocenters. The Hall–Kier alpha value is -3.57. The zero-order valence-electron chi connectivity index (χ0n) is 14.4. The zero-order valence-corrected chi connectivity index (χ0v) is 15.2. The lowest BCUT2D eigenvalue weighted by Gasteiger charge is -2.10. The van der Waals surface area contributed by atoms with Crippen molar-refractivity contribution < 1.29 is 13.2 Å². The van der Waals surface area contributed by atoms with E-state index >= 15 is 0 Å². The molecule has 3 rings (SSSR count). The summed E-state index contributed by atoms with van der Waals surface area (Å²) in [6.07, 6.45) is 1.42. The molecule has 0 bridgehead atoms. The summed E-state index contributed by atoms with van der Waals surface area (Å²) in [5.74, 6) is 1.13. The summed E-state index contributed by atoms with van der Waals surface area (Å²) in [6, 6.07) is 18.3. The van der Waals surface area contributed by atoms with Crippen molar-refractivity contribution >= 4 is 27.2 Å². The molecule has 1 heterocycles. The molecule has 0 saturated heterocycles. The quantitative estimate of drug-likeness (QED) is 0.678. The van der Waals surface area contributed by atoms with Gasteiger partial charge in [-0.2, -0.15) is 5.26 Å². The van der Waals surface area contributed by atoms with Gasteiger partial charge in [0, 0.05) is 5.69 Å². The Kier molecular flexibility index (Phi) is 5.24. The molecule has 7 nitrogen and oxygen atoms in total. The van der Waals surface area contributed by atoms with Crippen molar-refractivity contribution in [2.45, 2.75) is 4.90 Å². The van der Waals surface area contributed by atoms with Crippen LogP contribution in [0.15, 0.2) is 71.8 Å². The lowest BCUT2D eigenvalue weighted by molar-refractivity contribution is 0.414. The summed E-state index contributed by atoms with van der Waals surface area (Å²) in [5.41, 5.74) is 1.68. The maximum atomic E-state index is 12.4. The lowest BCUT2D eigenvalue weighted by atomic mass is 10.2. The number of aromatic nitrogens is 1. The van der Waals surface area contributed by atoms with E-state index in [2.05, 4.69) is 21.1 Å². The van der Waals surface area contributed by atoms with Crippen molar-refractivity contribution in [3.63, 3.8) is 0 Å². The Labute approximate surface area is 157 Å². The number of nitrogens with zero attached hydrogens (tertiary/aromatic N) is 2. The first-order valence-electron chi connectivity index (χ1n) is 7.90. The van der Waals surface area contributed by atoms with Gasteiger partial charge in [-0.05, 0) is 60.7 Å². The number of benzene rings is 2. The van der Waals surface area contributed by atoms with E-state index in [-0.39, 0.29) is 4.90 Å². The Morgan fingerprint density at radius 1 is 0.963 bits per heavy atom. The van der Waals surface area contributed by atoms with Gasteiger partial charge >= 0.3 is 0 Å². The summed E-state index contributed by atoms with van der Waals surface area (Å²) in [5, 5.41) is 11.9. The molecule has 8 heteroatoms. The number of methoxy groups -OCH3 is 1. The second kappa shape index (κ2) is 7.76. The zero-order chi connectivity index (χ0) is 19.3. The van der Waals surface area contributed by atoms with Gasteiger partial charge in [0.25, 0.3) is 10.0 Å². The minimum atomic E-state index is -3.71. The van der Waals surface area contributed by atoms with E-state index in [0.29, 0.717) is 22.8 Å². The van der Waals surface area contributed by atoms with Crippen LogP contribution in [0.1, 0.15) is 5.56 Å². The van der Waals surface area contributed by atoms with Gasteiger partial charge in [0.2, 0.25) is 0 Å². The van der Waals surface area contributed by atoms with Gasteiger partial charge in [-0.3, -0.25) is 4.72 Å². The highest BCUT2D eigenvalue weighted by Crippen LogP contribution is 2.20. The van der Waals surface area contributed by atoms with E-state index in [4.69, 9.17) is 10.00 Å². The minimum Gasteiger partial charge on any atom is -0.497 e. The Bertz CT molecular complexity index is 1060. The van der Waals surface area contributed by atoms with Crippen molar-refractivity contribution in [3.05, 3.63) is 72.4 Å². The Morgan fingerprint density at radius 2 is 1.63 bits per heavy atom. The first-order chi connectivity index (χ1) is 13.0. The molecule has 27 heavy (non-hydrogen) atoms. The van der Waals surface area contributed by atoms with Gasteiger partial charge in [-0.15, -0.1) is 0 Å². The fourth-order valence-electron chi connectivity index (χ4n) is 2.27. The molecule has 136 valence electrons. The van der Waals surface area contributed by atoms with Crippen molar-refractivity contribution in [2.75, 3.05) is 17.1 Å². The van der Waals surface area contributed by atoms with Gasteiger partial charge in [0.15, 0.2) is 0 Å². The number of sulfonamides is 1. The molecule has 3 aromatic rings. The van der Waals surface area contributed by atoms with E-state index in [0.717, 1.165) is 5.69 Å². The molecule has 1 aromatic heterocycles. The standard InChI is InChI=1S/C19H16N4O3S/c1-26-17-7-9-18(10-8-17)27(24,25)23-16-6-11-19(21-13-16)22-15-4-2-14(12-20)3-5-15/h2-11,13,23H,1H3,(H,21,22). The van der Waals surface area contributed by atoms with Crippen molar-refractivity contribution in [2.24, 2.45) is 0 Å². The maximum Gasteiger partial charge on any atom is 0.261 e. The van der Waals surface area contributed by atoms with Gasteiger partial charge in [0.1, 0.15) is 11.6 Å². The Morgan fingerprint density at radius 3 is 2.19 bits per heavy atom. The molecular formula is C19H16N4O3S. The van der Waals surface area contributed by atoms with Crippen LogP contribution in [0, 0.1) is 11.3 Å². The molecule has 0 fully saturated rings. The molecular weight excluding hydrogens is 364 g/mol. The maximum absolute atomic E-state index is 12.4. The molecule has 0 saturated carbocycles. The monoisotopic (exact) mass is 380 g/mol. The van der Waals surface area contributed by atoms with Crippen molar-refractivity contribution in [1.82, 2.24) is 4.98 Å². The van der Waals surface area contributed by atoms with Crippen LogP contribution in [0.2, 0.25) is 0 Å². The fraction of sp³-hybridized carbons (Fsp3) is 0.0526. The predicted octanol–water partition coefficient (Wildman–Crippen LogP) is 3.51. The normalized spacial score (nSPS) is 10.7. The molecule has 0 aliphatic carbocycles. The van der Waals surface area contributed by atoms with Gasteiger partial charge in [0.05, 0.1) is 35.5 Å². The van der Waals surface area contributed by atoms with Crippen molar-refractivity contribution in [1.29, 1.82) is 5.26 Å². The van der Waals surface area contributed by atoms with E-state index in [1.165, 1.54) is 25.4 Å². The van der Waals surface area contributed by atoms with E-state index in [9.17, 15) is 8.42 Å². The third-order valence-electron chi connectivity index (χ3n) is 3.67. The number of anilines is 3. The number of hydrogen-bond acceptors (Lipinski definition) is 6. The SMILES string of the molecule is COc1ccc(S(=O)(=O)Nc2ccc(Nc3ccc(C#N)cc3)nc2)cc1. The lowest BCUT2D eigenvalue weighted by Crippen LogP contribution is -2.13. The van der Waals surface area contributed by atoms with E-state index in [1.54, 1.807) is 48.5 Å².